The molecular weight excluding hydrogens is 192 g/mol. The van der Waals surface area contributed by atoms with E-state index < -0.39 is 6.10 Å². The van der Waals surface area contributed by atoms with Crippen LogP contribution in [0.3, 0.4) is 0 Å². The van der Waals surface area contributed by atoms with Crippen molar-refractivity contribution in [2.24, 2.45) is 0 Å². The van der Waals surface area contributed by atoms with Crippen molar-refractivity contribution in [2.45, 2.75) is 19.1 Å². The van der Waals surface area contributed by atoms with Crippen LogP contribution < -0.4 is 5.32 Å². The Kier molecular flexibility index (Phi) is 4.81. The first-order valence-electron chi connectivity index (χ1n) is 5.19. The molecule has 15 heavy (non-hydrogen) atoms. The van der Waals surface area contributed by atoms with Gasteiger partial charge in [0.05, 0.1) is 6.26 Å². The summed E-state index contributed by atoms with van der Waals surface area (Å²) in [6.07, 6.45) is 1.01. The average molecular weight is 212 g/mol. The molecule has 0 amide bonds. The molecule has 0 aliphatic carbocycles. The third kappa shape index (κ3) is 4.46. The second kappa shape index (κ2) is 5.90. The van der Waals surface area contributed by atoms with E-state index in [0.717, 1.165) is 6.54 Å². The Bertz CT molecular complexity index is 260. The molecule has 0 aliphatic rings. The lowest BCUT2D eigenvalue weighted by Gasteiger charge is -2.19. The molecular formula is C11H20N2O2. The lowest BCUT2D eigenvalue weighted by molar-refractivity contribution is 0.142. The second-order valence-electron chi connectivity index (χ2n) is 4.10. The molecule has 1 rings (SSSR count). The molecule has 4 heteroatoms. The lowest BCUT2D eigenvalue weighted by Crippen LogP contribution is -2.37. The Morgan fingerprint density at radius 2 is 2.27 bits per heavy atom. The molecule has 1 aromatic rings. The van der Waals surface area contributed by atoms with Crippen LogP contribution in [0.1, 0.15) is 18.8 Å². The van der Waals surface area contributed by atoms with Crippen molar-refractivity contribution < 1.29 is 9.52 Å². The van der Waals surface area contributed by atoms with Gasteiger partial charge in [0.15, 0.2) is 0 Å². The molecule has 2 unspecified atom stereocenters. The zero-order valence-electron chi connectivity index (χ0n) is 9.60. The SMILES string of the molecule is CC(CN(C)C)NCC(O)c1ccco1. The fourth-order valence-corrected chi connectivity index (χ4v) is 1.51. The smallest absolute Gasteiger partial charge is 0.133 e. The summed E-state index contributed by atoms with van der Waals surface area (Å²) in [6.45, 7) is 3.56. The fourth-order valence-electron chi connectivity index (χ4n) is 1.51. The van der Waals surface area contributed by atoms with E-state index in [4.69, 9.17) is 4.42 Å². The molecule has 0 spiro atoms. The normalized spacial score (nSPS) is 15.5. The van der Waals surface area contributed by atoms with Crippen LogP contribution >= 0.6 is 0 Å². The van der Waals surface area contributed by atoms with Gasteiger partial charge >= 0.3 is 0 Å². The Labute approximate surface area is 90.9 Å². The van der Waals surface area contributed by atoms with E-state index in [9.17, 15) is 5.11 Å². The van der Waals surface area contributed by atoms with E-state index in [-0.39, 0.29) is 0 Å². The minimum atomic E-state index is -0.565. The number of aliphatic hydroxyl groups excluding tert-OH is 1. The summed E-state index contributed by atoms with van der Waals surface area (Å²) in [7, 11) is 4.06. The molecule has 86 valence electrons. The van der Waals surface area contributed by atoms with E-state index in [0.29, 0.717) is 18.3 Å². The Morgan fingerprint density at radius 1 is 1.53 bits per heavy atom. The first-order chi connectivity index (χ1) is 7.09. The molecule has 0 radical (unpaired) electrons. The molecule has 2 N–H and O–H groups in total. The topological polar surface area (TPSA) is 48.6 Å². The minimum absolute atomic E-state index is 0.351. The van der Waals surface area contributed by atoms with Crippen molar-refractivity contribution in [1.29, 1.82) is 0 Å². The van der Waals surface area contributed by atoms with E-state index >= 15 is 0 Å². The van der Waals surface area contributed by atoms with E-state index in [1.54, 1.807) is 18.4 Å². The molecule has 0 bridgehead atoms. The predicted molar refractivity (Wildman–Crippen MR) is 59.7 cm³/mol. The van der Waals surface area contributed by atoms with Crippen molar-refractivity contribution >= 4 is 0 Å². The number of hydrogen-bond acceptors (Lipinski definition) is 4. The van der Waals surface area contributed by atoms with Crippen LogP contribution in [0.4, 0.5) is 0 Å². The van der Waals surface area contributed by atoms with Crippen LogP contribution in [0, 0.1) is 0 Å². The van der Waals surface area contributed by atoms with Crippen molar-refractivity contribution in [3.63, 3.8) is 0 Å². The zero-order valence-corrected chi connectivity index (χ0v) is 9.60. The van der Waals surface area contributed by atoms with Gasteiger partial charge in [-0.25, -0.2) is 0 Å². The summed E-state index contributed by atoms with van der Waals surface area (Å²) in [5, 5.41) is 13.0. The quantitative estimate of drug-likeness (QED) is 0.734. The molecule has 0 saturated carbocycles. The van der Waals surface area contributed by atoms with Gasteiger partial charge in [0.25, 0.3) is 0 Å². The summed E-state index contributed by atoms with van der Waals surface area (Å²) in [6, 6.07) is 3.91. The summed E-state index contributed by atoms with van der Waals surface area (Å²) >= 11 is 0. The lowest BCUT2D eigenvalue weighted by atomic mass is 10.2. The van der Waals surface area contributed by atoms with Gasteiger partial charge in [-0.1, -0.05) is 0 Å². The molecule has 1 heterocycles. The van der Waals surface area contributed by atoms with E-state index in [1.807, 2.05) is 14.1 Å². The molecule has 0 saturated heterocycles. The third-order valence-corrected chi connectivity index (χ3v) is 2.17. The largest absolute Gasteiger partial charge is 0.467 e. The van der Waals surface area contributed by atoms with Crippen LogP contribution in [0.15, 0.2) is 22.8 Å². The maximum absolute atomic E-state index is 9.72. The Morgan fingerprint density at radius 3 is 2.80 bits per heavy atom. The van der Waals surface area contributed by atoms with Crippen LogP contribution in [-0.2, 0) is 0 Å². The molecule has 0 aliphatic heterocycles. The summed E-state index contributed by atoms with van der Waals surface area (Å²) in [5.41, 5.74) is 0. The fraction of sp³-hybridized carbons (Fsp3) is 0.636. The first kappa shape index (κ1) is 12.2. The number of nitrogens with zero attached hydrogens (tertiary/aromatic N) is 1. The van der Waals surface area contributed by atoms with Crippen LogP contribution in [-0.4, -0.2) is 43.2 Å². The Hall–Kier alpha value is -0.840. The van der Waals surface area contributed by atoms with Crippen LogP contribution in [0.5, 0.6) is 0 Å². The van der Waals surface area contributed by atoms with Gasteiger partial charge in [-0.2, -0.15) is 0 Å². The number of nitrogens with one attached hydrogen (secondary N) is 1. The second-order valence-corrected chi connectivity index (χ2v) is 4.10. The highest BCUT2D eigenvalue weighted by molar-refractivity contribution is 5.02. The molecule has 4 nitrogen and oxygen atoms in total. The highest BCUT2D eigenvalue weighted by Gasteiger charge is 2.11. The van der Waals surface area contributed by atoms with Gasteiger partial charge in [0.2, 0.25) is 0 Å². The number of furan rings is 1. The standard InChI is InChI=1S/C11H20N2O2/c1-9(8-13(2)3)12-7-10(14)11-5-4-6-15-11/h4-6,9-10,12,14H,7-8H2,1-3H3. The maximum atomic E-state index is 9.72. The molecule has 0 aromatic carbocycles. The van der Waals surface area contributed by atoms with Gasteiger partial charge < -0.3 is 19.7 Å². The van der Waals surface area contributed by atoms with Crippen LogP contribution in [0.2, 0.25) is 0 Å². The van der Waals surface area contributed by atoms with Crippen molar-refractivity contribution in [1.82, 2.24) is 10.2 Å². The van der Waals surface area contributed by atoms with Gasteiger partial charge in [0.1, 0.15) is 11.9 Å². The molecule has 2 atom stereocenters. The summed E-state index contributed by atoms with van der Waals surface area (Å²) in [4.78, 5) is 2.11. The Balaban J connectivity index is 2.25. The summed E-state index contributed by atoms with van der Waals surface area (Å²) < 4.78 is 5.11. The predicted octanol–water partition coefficient (Wildman–Crippen LogP) is 0.853. The van der Waals surface area contributed by atoms with Gasteiger partial charge in [0, 0.05) is 19.1 Å². The molecule has 1 aromatic heterocycles. The highest BCUT2D eigenvalue weighted by Crippen LogP contribution is 2.11. The van der Waals surface area contributed by atoms with Gasteiger partial charge in [-0.15, -0.1) is 0 Å². The van der Waals surface area contributed by atoms with Crippen LogP contribution in [0.25, 0.3) is 0 Å². The number of hydrogen-bond donors (Lipinski definition) is 2. The van der Waals surface area contributed by atoms with E-state index in [1.165, 1.54) is 0 Å². The molecule has 0 fully saturated rings. The number of likely N-dealkylation sites (N-methyl/N-ethyl adjacent to an activating group) is 1. The number of rotatable bonds is 6. The maximum Gasteiger partial charge on any atom is 0.133 e. The van der Waals surface area contributed by atoms with E-state index in [2.05, 4.69) is 17.1 Å². The van der Waals surface area contributed by atoms with Crippen molar-refractivity contribution in [3.05, 3.63) is 24.2 Å². The van der Waals surface area contributed by atoms with Gasteiger partial charge in [-0.3, -0.25) is 0 Å². The van der Waals surface area contributed by atoms with Crippen molar-refractivity contribution in [3.8, 4) is 0 Å². The zero-order chi connectivity index (χ0) is 11.3. The first-order valence-corrected chi connectivity index (χ1v) is 5.19. The monoisotopic (exact) mass is 212 g/mol. The summed E-state index contributed by atoms with van der Waals surface area (Å²) in [5.74, 6) is 0.611. The van der Waals surface area contributed by atoms with Crippen molar-refractivity contribution in [2.75, 3.05) is 27.2 Å². The third-order valence-electron chi connectivity index (χ3n) is 2.17. The number of aliphatic hydroxyl groups is 1. The average Bonchev–Trinajstić information content (AvgIpc) is 2.65. The highest BCUT2D eigenvalue weighted by atomic mass is 16.4. The minimum Gasteiger partial charge on any atom is -0.467 e. The van der Waals surface area contributed by atoms with Gasteiger partial charge in [-0.05, 0) is 33.2 Å².